The van der Waals surface area contributed by atoms with Gasteiger partial charge in [-0.25, -0.2) is 0 Å². The van der Waals surface area contributed by atoms with Gasteiger partial charge in [0.15, 0.2) is 0 Å². The van der Waals surface area contributed by atoms with Crippen LogP contribution in [-0.4, -0.2) is 27.5 Å². The summed E-state index contributed by atoms with van der Waals surface area (Å²) >= 11 is 1.61. The smallest absolute Gasteiger partial charge is 0.230 e. The third kappa shape index (κ3) is 2.66. The molecule has 2 heterocycles. The highest BCUT2D eigenvalue weighted by Crippen LogP contribution is 2.35. The molecule has 2 amide bonds. The van der Waals surface area contributed by atoms with Crippen LogP contribution in [0.25, 0.3) is 0 Å². The molecule has 1 aromatic carbocycles. The molecule has 1 unspecified atom stereocenters. The number of β-lactam (4-membered cyclic amide) rings is 1. The van der Waals surface area contributed by atoms with Crippen LogP contribution in [-0.2, 0) is 16.0 Å². The fourth-order valence-electron chi connectivity index (χ4n) is 2.15. The summed E-state index contributed by atoms with van der Waals surface area (Å²) in [5, 5.41) is 3.12. The fourth-order valence-corrected chi connectivity index (χ4v) is 3.41. The largest absolute Gasteiger partial charge is 0.340 e. The lowest BCUT2D eigenvalue weighted by molar-refractivity contribution is -0.137. The molecule has 0 saturated carbocycles. The van der Waals surface area contributed by atoms with Gasteiger partial charge in [0, 0.05) is 6.20 Å². The standard InChI is InChI=1S/C14H14N2O2S/c17-11(8-10-4-2-1-3-5-10)15-12-6-7-16-13(18)9-14(16)19-12/h1-7,12,14H,8-9H2,(H,15,17)/t12?,14-/m1/s1. The lowest BCUT2D eigenvalue weighted by atomic mass is 10.1. The van der Waals surface area contributed by atoms with E-state index in [0.717, 1.165) is 5.56 Å². The summed E-state index contributed by atoms with van der Waals surface area (Å²) in [5.74, 6) is 0.162. The zero-order valence-corrected chi connectivity index (χ0v) is 11.1. The lowest BCUT2D eigenvalue weighted by Gasteiger charge is -2.41. The Labute approximate surface area is 115 Å². The van der Waals surface area contributed by atoms with E-state index in [1.165, 1.54) is 0 Å². The van der Waals surface area contributed by atoms with Gasteiger partial charge in [0.25, 0.3) is 0 Å². The van der Waals surface area contributed by atoms with Gasteiger partial charge in [0.1, 0.15) is 0 Å². The number of rotatable bonds is 3. The highest BCUT2D eigenvalue weighted by Gasteiger charge is 2.39. The second kappa shape index (κ2) is 5.09. The Kier molecular flexibility index (Phi) is 3.29. The van der Waals surface area contributed by atoms with Crippen LogP contribution < -0.4 is 5.32 Å². The molecule has 2 atom stereocenters. The maximum absolute atomic E-state index is 11.9. The molecule has 3 rings (SSSR count). The maximum Gasteiger partial charge on any atom is 0.230 e. The molecule has 1 fully saturated rings. The Hall–Kier alpha value is -1.75. The molecule has 5 heteroatoms. The van der Waals surface area contributed by atoms with Crippen molar-refractivity contribution in [3.05, 3.63) is 48.2 Å². The van der Waals surface area contributed by atoms with Crippen molar-refractivity contribution in [3.63, 3.8) is 0 Å². The van der Waals surface area contributed by atoms with Crippen LogP contribution in [0.2, 0.25) is 0 Å². The molecule has 1 aromatic rings. The molecule has 98 valence electrons. The van der Waals surface area contributed by atoms with E-state index >= 15 is 0 Å². The van der Waals surface area contributed by atoms with Gasteiger partial charge in [-0.15, -0.1) is 11.8 Å². The molecule has 2 aliphatic heterocycles. The number of nitrogens with zero attached hydrogens (tertiary/aromatic N) is 1. The van der Waals surface area contributed by atoms with Gasteiger partial charge in [0.2, 0.25) is 11.8 Å². The number of fused-ring (bicyclic) bond motifs is 1. The van der Waals surface area contributed by atoms with Gasteiger partial charge in [-0.1, -0.05) is 30.3 Å². The molecular formula is C14H14N2O2S. The van der Waals surface area contributed by atoms with E-state index in [-0.39, 0.29) is 22.6 Å². The van der Waals surface area contributed by atoms with Crippen molar-refractivity contribution in [2.75, 3.05) is 0 Å². The van der Waals surface area contributed by atoms with Crippen LogP contribution >= 0.6 is 11.8 Å². The second-order valence-corrected chi connectivity index (χ2v) is 5.91. The second-order valence-electron chi connectivity index (χ2n) is 4.59. The summed E-state index contributed by atoms with van der Waals surface area (Å²) in [6.45, 7) is 0. The topological polar surface area (TPSA) is 49.4 Å². The number of nitrogens with one attached hydrogen (secondary N) is 1. The van der Waals surface area contributed by atoms with Crippen molar-refractivity contribution in [3.8, 4) is 0 Å². The van der Waals surface area contributed by atoms with Crippen LogP contribution in [0.5, 0.6) is 0 Å². The van der Waals surface area contributed by atoms with Gasteiger partial charge < -0.3 is 10.2 Å². The number of thioether (sulfide) groups is 1. The molecule has 0 bridgehead atoms. The average Bonchev–Trinajstić information content (AvgIpc) is 2.38. The molecule has 0 spiro atoms. The molecule has 0 radical (unpaired) electrons. The Morgan fingerprint density at radius 2 is 2.16 bits per heavy atom. The fraction of sp³-hybridized carbons (Fsp3) is 0.286. The lowest BCUT2D eigenvalue weighted by Crippen LogP contribution is -2.51. The summed E-state index contributed by atoms with van der Waals surface area (Å²) in [6, 6.07) is 9.67. The predicted molar refractivity (Wildman–Crippen MR) is 74.1 cm³/mol. The van der Waals surface area contributed by atoms with E-state index in [0.29, 0.717) is 12.8 Å². The maximum atomic E-state index is 11.9. The zero-order chi connectivity index (χ0) is 13.2. The summed E-state index contributed by atoms with van der Waals surface area (Å²) < 4.78 is 0. The summed E-state index contributed by atoms with van der Waals surface area (Å²) in [4.78, 5) is 24.8. The number of carbonyl (C=O) groups excluding carboxylic acids is 2. The SMILES string of the molecule is O=C(Cc1ccccc1)NC1C=CN2C(=O)C[C@H]2S1. The van der Waals surface area contributed by atoms with Crippen LogP contribution in [0.3, 0.4) is 0 Å². The molecule has 4 nitrogen and oxygen atoms in total. The molecule has 1 saturated heterocycles. The number of benzene rings is 1. The van der Waals surface area contributed by atoms with Crippen molar-refractivity contribution < 1.29 is 9.59 Å². The third-order valence-corrected chi connectivity index (χ3v) is 4.46. The van der Waals surface area contributed by atoms with Crippen molar-refractivity contribution >= 4 is 23.6 Å². The van der Waals surface area contributed by atoms with E-state index in [1.54, 1.807) is 22.9 Å². The number of amides is 2. The van der Waals surface area contributed by atoms with Crippen LogP contribution in [0.4, 0.5) is 0 Å². The van der Waals surface area contributed by atoms with E-state index < -0.39 is 0 Å². The van der Waals surface area contributed by atoms with Crippen molar-refractivity contribution in [1.82, 2.24) is 10.2 Å². The molecule has 19 heavy (non-hydrogen) atoms. The minimum atomic E-state index is -0.0365. The summed E-state index contributed by atoms with van der Waals surface area (Å²) in [7, 11) is 0. The van der Waals surface area contributed by atoms with E-state index in [9.17, 15) is 9.59 Å². The first-order chi connectivity index (χ1) is 9.22. The van der Waals surface area contributed by atoms with Crippen LogP contribution in [0.1, 0.15) is 12.0 Å². The predicted octanol–water partition coefficient (Wildman–Crippen LogP) is 1.49. The third-order valence-electron chi connectivity index (χ3n) is 3.18. The monoisotopic (exact) mass is 274 g/mol. The van der Waals surface area contributed by atoms with Crippen molar-refractivity contribution in [1.29, 1.82) is 0 Å². The molecular weight excluding hydrogens is 260 g/mol. The Morgan fingerprint density at radius 1 is 1.37 bits per heavy atom. The Morgan fingerprint density at radius 3 is 2.84 bits per heavy atom. The van der Waals surface area contributed by atoms with Gasteiger partial charge in [-0.05, 0) is 11.6 Å². The molecule has 0 aromatic heterocycles. The first kappa shape index (κ1) is 12.3. The average molecular weight is 274 g/mol. The first-order valence-electron chi connectivity index (χ1n) is 6.20. The minimum Gasteiger partial charge on any atom is -0.340 e. The van der Waals surface area contributed by atoms with Crippen LogP contribution in [0.15, 0.2) is 42.6 Å². The first-order valence-corrected chi connectivity index (χ1v) is 7.15. The van der Waals surface area contributed by atoms with Gasteiger partial charge >= 0.3 is 0 Å². The molecule has 0 aliphatic carbocycles. The Balaban J connectivity index is 1.55. The molecule has 1 N–H and O–H groups in total. The van der Waals surface area contributed by atoms with Gasteiger partial charge in [-0.2, -0.15) is 0 Å². The number of hydrogen-bond donors (Lipinski definition) is 1. The highest BCUT2D eigenvalue weighted by atomic mass is 32.2. The minimum absolute atomic E-state index is 0.00690. The highest BCUT2D eigenvalue weighted by molar-refractivity contribution is 8.00. The number of hydrogen-bond acceptors (Lipinski definition) is 3. The van der Waals surface area contributed by atoms with Crippen molar-refractivity contribution in [2.24, 2.45) is 0 Å². The zero-order valence-electron chi connectivity index (χ0n) is 10.3. The number of carbonyl (C=O) groups is 2. The van der Waals surface area contributed by atoms with E-state index in [2.05, 4.69) is 5.32 Å². The van der Waals surface area contributed by atoms with Gasteiger partial charge in [-0.3, -0.25) is 9.59 Å². The van der Waals surface area contributed by atoms with Crippen molar-refractivity contribution in [2.45, 2.75) is 23.6 Å². The van der Waals surface area contributed by atoms with Gasteiger partial charge in [0.05, 0.1) is 23.6 Å². The summed E-state index contributed by atoms with van der Waals surface area (Å²) in [6.07, 6.45) is 4.60. The normalized spacial score (nSPS) is 24.6. The Bertz CT molecular complexity index is 530. The van der Waals surface area contributed by atoms with Crippen LogP contribution in [0, 0.1) is 0 Å². The quantitative estimate of drug-likeness (QED) is 0.850. The van der Waals surface area contributed by atoms with E-state index in [4.69, 9.17) is 0 Å². The summed E-state index contributed by atoms with van der Waals surface area (Å²) in [5.41, 5.74) is 1.00. The van der Waals surface area contributed by atoms with E-state index in [1.807, 2.05) is 36.4 Å². The molecule has 2 aliphatic rings.